The Kier molecular flexibility index (Phi) is 6.20. The van der Waals surface area contributed by atoms with Gasteiger partial charge in [0.25, 0.3) is 0 Å². The number of allylic oxidation sites excluding steroid dienone is 1. The molecule has 3 aromatic heterocycles. The second-order valence-corrected chi connectivity index (χ2v) is 8.30. The number of fused-ring (bicyclic) bond motifs is 1. The highest BCUT2D eigenvalue weighted by atomic mass is 32.2. The van der Waals surface area contributed by atoms with E-state index in [0.29, 0.717) is 24.6 Å². The van der Waals surface area contributed by atoms with E-state index in [4.69, 9.17) is 25.8 Å². The number of thioether (sulfide) groups is 1. The van der Waals surface area contributed by atoms with E-state index in [2.05, 4.69) is 28.9 Å². The fourth-order valence-corrected chi connectivity index (χ4v) is 4.32. The Balaban J connectivity index is 2.01. The van der Waals surface area contributed by atoms with Crippen LogP contribution in [0.2, 0.25) is 0 Å². The van der Waals surface area contributed by atoms with Gasteiger partial charge in [-0.2, -0.15) is 0 Å². The number of hydrogen-bond donors (Lipinski definition) is 2. The van der Waals surface area contributed by atoms with Crippen LogP contribution in [0.5, 0.6) is 0 Å². The van der Waals surface area contributed by atoms with Crippen molar-refractivity contribution >= 4 is 40.4 Å². The zero-order valence-corrected chi connectivity index (χ0v) is 18.7. The first-order valence-corrected chi connectivity index (χ1v) is 11.4. The van der Waals surface area contributed by atoms with E-state index in [1.165, 1.54) is 12.3 Å². The van der Waals surface area contributed by atoms with E-state index in [1.54, 1.807) is 18.0 Å². The van der Waals surface area contributed by atoms with Gasteiger partial charge in [-0.1, -0.05) is 0 Å². The second kappa shape index (κ2) is 9.03. The average Bonchev–Trinajstić information content (AvgIpc) is 2.78. The molecule has 7 nitrogen and oxygen atoms in total. The van der Waals surface area contributed by atoms with E-state index >= 15 is 0 Å². The molecule has 0 saturated carbocycles. The zero-order valence-electron chi connectivity index (χ0n) is 17.9. The summed E-state index contributed by atoms with van der Waals surface area (Å²) in [6.45, 7) is 6.26. The highest BCUT2D eigenvalue weighted by molar-refractivity contribution is 7.98. The molecule has 3 aromatic rings. The number of hydrogen-bond acceptors (Lipinski definition) is 8. The van der Waals surface area contributed by atoms with Gasteiger partial charge in [-0.25, -0.2) is 9.97 Å². The van der Waals surface area contributed by atoms with Gasteiger partial charge >= 0.3 is 0 Å². The molecule has 3 N–H and O–H groups in total. The van der Waals surface area contributed by atoms with Gasteiger partial charge in [-0.05, 0) is 56.0 Å². The number of nitrogens with one attached hydrogen (secondary N) is 1. The normalized spacial score (nSPS) is 17.2. The van der Waals surface area contributed by atoms with Crippen molar-refractivity contribution in [2.75, 3.05) is 30.9 Å². The number of pyridine rings is 3. The van der Waals surface area contributed by atoms with E-state index in [9.17, 15) is 0 Å². The lowest BCUT2D eigenvalue weighted by Gasteiger charge is -2.34. The molecule has 0 radical (unpaired) electrons. The maximum Gasteiger partial charge on any atom is 0.130 e. The SMILES string of the molecule is CSc1ccc(-c2cc(N3CCOC[C@H]3C)nc3c(/C(N)=C/C=N)nccc23)c(C)n1. The van der Waals surface area contributed by atoms with Crippen molar-refractivity contribution in [3.05, 3.63) is 47.9 Å². The van der Waals surface area contributed by atoms with Crippen molar-refractivity contribution in [3.8, 4) is 11.1 Å². The van der Waals surface area contributed by atoms with E-state index in [1.807, 2.05) is 25.3 Å². The molecule has 0 amide bonds. The minimum Gasteiger partial charge on any atom is -0.397 e. The highest BCUT2D eigenvalue weighted by Gasteiger charge is 2.23. The maximum absolute atomic E-state index is 7.40. The Labute approximate surface area is 186 Å². The second-order valence-electron chi connectivity index (χ2n) is 7.48. The maximum atomic E-state index is 7.40. The summed E-state index contributed by atoms with van der Waals surface area (Å²) in [5, 5.41) is 9.35. The van der Waals surface area contributed by atoms with Crippen molar-refractivity contribution in [1.29, 1.82) is 5.41 Å². The molecular weight excluding hydrogens is 408 g/mol. The largest absolute Gasteiger partial charge is 0.397 e. The number of nitrogens with two attached hydrogens (primary N) is 1. The monoisotopic (exact) mass is 434 g/mol. The molecule has 1 atom stereocenters. The standard InChI is InChI=1S/C23H26N6OS/c1-14-13-30-11-10-29(14)20-12-18(16-4-5-21(31-3)27-15(16)2)17-7-9-26-23(22(17)28-20)19(25)6-8-24/h4-9,12,14,24H,10-11,13,25H2,1-3H3/b19-6-,24-8?/t14-/m1/s1. The molecule has 0 bridgehead atoms. The Hall–Kier alpha value is -2.97. The molecule has 0 aromatic carbocycles. The summed E-state index contributed by atoms with van der Waals surface area (Å²) >= 11 is 1.63. The molecule has 1 fully saturated rings. The van der Waals surface area contributed by atoms with Gasteiger partial charge in [0.1, 0.15) is 17.0 Å². The van der Waals surface area contributed by atoms with Crippen molar-refractivity contribution in [2.24, 2.45) is 5.73 Å². The molecule has 1 aliphatic heterocycles. The molecule has 0 unspecified atom stereocenters. The molecule has 31 heavy (non-hydrogen) atoms. The lowest BCUT2D eigenvalue weighted by molar-refractivity contribution is 0.0986. The van der Waals surface area contributed by atoms with Gasteiger partial charge in [0.2, 0.25) is 0 Å². The predicted molar refractivity (Wildman–Crippen MR) is 128 cm³/mol. The predicted octanol–water partition coefficient (Wildman–Crippen LogP) is 3.90. The van der Waals surface area contributed by atoms with Crippen molar-refractivity contribution in [1.82, 2.24) is 15.0 Å². The molecule has 4 heterocycles. The van der Waals surface area contributed by atoms with Gasteiger partial charge in [0, 0.05) is 35.6 Å². The number of ether oxygens (including phenoxy) is 1. The lowest BCUT2D eigenvalue weighted by atomic mass is 9.99. The fraction of sp³-hybridized carbons (Fsp3) is 0.304. The summed E-state index contributed by atoms with van der Waals surface area (Å²) in [5.41, 5.74) is 11.0. The van der Waals surface area contributed by atoms with E-state index in [-0.39, 0.29) is 6.04 Å². The molecular formula is C23H26N6OS. The third-order valence-corrected chi connectivity index (χ3v) is 6.12. The van der Waals surface area contributed by atoms with Crippen LogP contribution in [0.3, 0.4) is 0 Å². The summed E-state index contributed by atoms with van der Waals surface area (Å²) in [6, 6.07) is 8.47. The minimum absolute atomic E-state index is 0.208. The summed E-state index contributed by atoms with van der Waals surface area (Å²) in [5.74, 6) is 0.864. The summed E-state index contributed by atoms with van der Waals surface area (Å²) in [6.07, 6.45) is 6.47. The molecule has 1 saturated heterocycles. The summed E-state index contributed by atoms with van der Waals surface area (Å²) < 4.78 is 5.63. The number of aryl methyl sites for hydroxylation is 1. The third kappa shape index (κ3) is 4.13. The molecule has 1 aliphatic rings. The number of nitrogens with zero attached hydrogens (tertiary/aromatic N) is 4. The van der Waals surface area contributed by atoms with Crippen LogP contribution in [-0.4, -0.2) is 53.2 Å². The Bertz CT molecular complexity index is 1160. The van der Waals surface area contributed by atoms with Gasteiger partial charge in [-0.15, -0.1) is 11.8 Å². The molecule has 0 spiro atoms. The van der Waals surface area contributed by atoms with E-state index in [0.717, 1.165) is 45.1 Å². The summed E-state index contributed by atoms with van der Waals surface area (Å²) in [7, 11) is 0. The van der Waals surface area contributed by atoms with Gasteiger partial charge in [0.05, 0.1) is 30.0 Å². The van der Waals surface area contributed by atoms with Crippen LogP contribution in [0.4, 0.5) is 5.82 Å². The van der Waals surface area contributed by atoms with E-state index < -0.39 is 0 Å². The van der Waals surface area contributed by atoms with Gasteiger partial charge in [0.15, 0.2) is 0 Å². The number of anilines is 1. The van der Waals surface area contributed by atoms with Crippen molar-refractivity contribution < 1.29 is 4.74 Å². The first-order valence-electron chi connectivity index (χ1n) is 10.2. The first kappa shape index (κ1) is 21.3. The number of morpholine rings is 1. The molecule has 4 rings (SSSR count). The Morgan fingerprint density at radius 1 is 1.29 bits per heavy atom. The minimum atomic E-state index is 0.208. The van der Waals surface area contributed by atoms with Crippen molar-refractivity contribution in [3.63, 3.8) is 0 Å². The van der Waals surface area contributed by atoms with Crippen LogP contribution in [0.25, 0.3) is 27.7 Å². The van der Waals surface area contributed by atoms with Crippen LogP contribution < -0.4 is 10.6 Å². The smallest absolute Gasteiger partial charge is 0.130 e. The van der Waals surface area contributed by atoms with Crippen molar-refractivity contribution in [2.45, 2.75) is 24.9 Å². The van der Waals surface area contributed by atoms with Gasteiger partial charge in [-0.3, -0.25) is 4.98 Å². The van der Waals surface area contributed by atoms with Crippen LogP contribution in [0, 0.1) is 12.3 Å². The molecule has 8 heteroatoms. The molecule has 160 valence electrons. The van der Waals surface area contributed by atoms with Crippen LogP contribution >= 0.6 is 11.8 Å². The van der Waals surface area contributed by atoms with Crippen LogP contribution in [-0.2, 0) is 4.74 Å². The fourth-order valence-electron chi connectivity index (χ4n) is 3.89. The van der Waals surface area contributed by atoms with Crippen LogP contribution in [0.1, 0.15) is 18.3 Å². The van der Waals surface area contributed by atoms with Crippen LogP contribution in [0.15, 0.2) is 41.6 Å². The third-order valence-electron chi connectivity index (χ3n) is 5.47. The molecule has 0 aliphatic carbocycles. The Morgan fingerprint density at radius 3 is 2.84 bits per heavy atom. The quantitative estimate of drug-likeness (QED) is 0.464. The average molecular weight is 435 g/mol. The zero-order chi connectivity index (χ0) is 22.0. The Morgan fingerprint density at radius 2 is 2.13 bits per heavy atom. The van der Waals surface area contributed by atoms with Gasteiger partial charge < -0.3 is 20.8 Å². The summed E-state index contributed by atoms with van der Waals surface area (Å²) in [4.78, 5) is 16.5. The number of rotatable bonds is 5. The lowest BCUT2D eigenvalue weighted by Crippen LogP contribution is -2.44. The number of aromatic nitrogens is 3. The topological polar surface area (TPSA) is 101 Å². The first-order chi connectivity index (χ1) is 15.0. The highest BCUT2D eigenvalue weighted by Crippen LogP contribution is 2.35.